The molecule has 0 unspecified atom stereocenters. The van der Waals surface area contributed by atoms with E-state index in [1.54, 1.807) is 0 Å². The van der Waals surface area contributed by atoms with Gasteiger partial charge in [-0.2, -0.15) is 13.2 Å². The lowest BCUT2D eigenvalue weighted by Gasteiger charge is -2.32. The summed E-state index contributed by atoms with van der Waals surface area (Å²) in [5.41, 5.74) is 5.55. The Balaban J connectivity index is 1.34. The summed E-state index contributed by atoms with van der Waals surface area (Å²) < 4.78 is 37.8. The van der Waals surface area contributed by atoms with Crippen LogP contribution in [0.3, 0.4) is 0 Å². The molecule has 32 heavy (non-hydrogen) atoms. The van der Waals surface area contributed by atoms with Crippen molar-refractivity contribution in [2.24, 2.45) is 0 Å². The van der Waals surface area contributed by atoms with Gasteiger partial charge >= 0.3 is 6.18 Å². The van der Waals surface area contributed by atoms with Crippen molar-refractivity contribution < 1.29 is 18.3 Å². The van der Waals surface area contributed by atoms with Crippen molar-refractivity contribution in [1.29, 1.82) is 0 Å². The van der Waals surface area contributed by atoms with Gasteiger partial charge in [0.05, 0.1) is 6.10 Å². The summed E-state index contributed by atoms with van der Waals surface area (Å²) in [6, 6.07) is 14.1. The SMILES string of the molecule is CN1CCN(C[C@H](O)CN2CCc3ccccc3C2)Cc2ccc(CCC(F)(F)F)cc21. The number of hydrogen-bond donors (Lipinski definition) is 1. The highest BCUT2D eigenvalue weighted by Gasteiger charge is 2.27. The fourth-order valence-electron chi connectivity index (χ4n) is 4.79. The van der Waals surface area contributed by atoms with Crippen molar-refractivity contribution >= 4 is 5.69 Å². The monoisotopic (exact) mass is 447 g/mol. The van der Waals surface area contributed by atoms with E-state index in [0.29, 0.717) is 25.2 Å². The van der Waals surface area contributed by atoms with Crippen molar-refractivity contribution in [2.75, 3.05) is 44.7 Å². The van der Waals surface area contributed by atoms with Crippen LogP contribution in [0.2, 0.25) is 0 Å². The first-order chi connectivity index (χ1) is 15.3. The van der Waals surface area contributed by atoms with Crippen LogP contribution in [0.4, 0.5) is 18.9 Å². The van der Waals surface area contributed by atoms with Gasteiger partial charge in [0, 0.05) is 65.0 Å². The first-order valence-electron chi connectivity index (χ1n) is 11.4. The molecule has 0 fully saturated rings. The molecule has 0 bridgehead atoms. The summed E-state index contributed by atoms with van der Waals surface area (Å²) in [4.78, 5) is 6.68. The van der Waals surface area contributed by atoms with E-state index in [1.165, 1.54) is 11.1 Å². The van der Waals surface area contributed by atoms with Gasteiger partial charge in [-0.3, -0.25) is 9.80 Å². The van der Waals surface area contributed by atoms with Crippen LogP contribution in [0.15, 0.2) is 42.5 Å². The lowest BCUT2D eigenvalue weighted by molar-refractivity contribution is -0.133. The van der Waals surface area contributed by atoms with E-state index in [9.17, 15) is 18.3 Å². The lowest BCUT2D eigenvalue weighted by atomic mass is 10.00. The number of benzene rings is 2. The van der Waals surface area contributed by atoms with Gasteiger partial charge in [-0.25, -0.2) is 0 Å². The molecule has 7 heteroatoms. The molecule has 4 nitrogen and oxygen atoms in total. The molecule has 2 aliphatic heterocycles. The molecule has 0 saturated heterocycles. The molecule has 0 saturated carbocycles. The van der Waals surface area contributed by atoms with E-state index in [0.717, 1.165) is 43.9 Å². The van der Waals surface area contributed by atoms with Crippen LogP contribution >= 0.6 is 0 Å². The Hall–Kier alpha value is -2.09. The van der Waals surface area contributed by atoms with E-state index < -0.39 is 18.7 Å². The second kappa shape index (κ2) is 9.81. The van der Waals surface area contributed by atoms with E-state index in [1.807, 2.05) is 25.2 Å². The van der Waals surface area contributed by atoms with Crippen LogP contribution in [-0.2, 0) is 25.9 Å². The Morgan fingerprint density at radius 3 is 2.34 bits per heavy atom. The molecular weight excluding hydrogens is 415 g/mol. The van der Waals surface area contributed by atoms with Gasteiger partial charge in [0.1, 0.15) is 0 Å². The average molecular weight is 448 g/mol. The fourth-order valence-corrected chi connectivity index (χ4v) is 4.79. The van der Waals surface area contributed by atoms with Gasteiger partial charge in [-0.1, -0.05) is 36.4 Å². The first kappa shape index (κ1) is 23.1. The normalized spacial score (nSPS) is 18.7. The minimum absolute atomic E-state index is 0.00596. The van der Waals surface area contributed by atoms with Crippen molar-refractivity contribution in [3.8, 4) is 0 Å². The molecule has 0 aromatic heterocycles. The number of nitrogens with zero attached hydrogens (tertiary/aromatic N) is 3. The molecule has 2 aromatic rings. The second-order valence-corrected chi connectivity index (χ2v) is 9.14. The molecule has 0 amide bonds. The van der Waals surface area contributed by atoms with Gasteiger partial charge in [0.15, 0.2) is 0 Å². The van der Waals surface area contributed by atoms with Gasteiger partial charge in [0.25, 0.3) is 0 Å². The summed E-state index contributed by atoms with van der Waals surface area (Å²) in [5.74, 6) is 0. The summed E-state index contributed by atoms with van der Waals surface area (Å²) in [7, 11) is 1.98. The summed E-state index contributed by atoms with van der Waals surface area (Å²) in [6.07, 6.45) is -4.36. The number of hydrogen-bond acceptors (Lipinski definition) is 4. The van der Waals surface area contributed by atoms with Crippen LogP contribution in [0.5, 0.6) is 0 Å². The third-order valence-corrected chi connectivity index (χ3v) is 6.55. The largest absolute Gasteiger partial charge is 0.390 e. The molecule has 2 aromatic carbocycles. The Morgan fingerprint density at radius 2 is 1.59 bits per heavy atom. The molecule has 0 aliphatic carbocycles. The lowest BCUT2D eigenvalue weighted by Crippen LogP contribution is -2.42. The number of aliphatic hydroxyl groups is 1. The Bertz CT molecular complexity index is 918. The highest BCUT2D eigenvalue weighted by atomic mass is 19.4. The maximum Gasteiger partial charge on any atom is 0.389 e. The number of aryl methyl sites for hydroxylation is 1. The van der Waals surface area contributed by atoms with Gasteiger partial charge < -0.3 is 10.0 Å². The number of β-amino-alcohol motifs (C(OH)–C–C–N with tert-alkyl or cyclic N) is 1. The number of likely N-dealkylation sites (N-methyl/N-ethyl adjacent to an activating group) is 1. The Labute approximate surface area is 188 Å². The van der Waals surface area contributed by atoms with Crippen molar-refractivity contribution in [3.63, 3.8) is 0 Å². The fraction of sp³-hybridized carbons (Fsp3) is 0.520. The van der Waals surface area contributed by atoms with E-state index >= 15 is 0 Å². The van der Waals surface area contributed by atoms with E-state index in [4.69, 9.17) is 0 Å². The third-order valence-electron chi connectivity index (χ3n) is 6.55. The molecule has 1 atom stereocenters. The molecule has 1 N–H and O–H groups in total. The summed E-state index contributed by atoms with van der Waals surface area (Å²) in [5, 5.41) is 10.8. The minimum atomic E-state index is -4.14. The number of aliphatic hydroxyl groups excluding tert-OH is 1. The van der Waals surface area contributed by atoms with Crippen LogP contribution in [0.1, 0.15) is 28.7 Å². The summed E-state index contributed by atoms with van der Waals surface area (Å²) >= 11 is 0. The predicted octanol–water partition coefficient (Wildman–Crippen LogP) is 3.85. The standard InChI is InChI=1S/C25H32F3N3O/c1-29-12-13-31(16-22-7-6-19(14-24(22)29)8-10-25(26,27)28)18-23(32)17-30-11-9-20-4-2-3-5-21(20)15-30/h2-7,14,23,32H,8-13,15-18H2,1H3/t23-/m1/s1. The maximum atomic E-state index is 12.6. The van der Waals surface area contributed by atoms with E-state index in [-0.39, 0.29) is 6.42 Å². The smallest absolute Gasteiger partial charge is 0.389 e. The van der Waals surface area contributed by atoms with Gasteiger partial charge in [0.2, 0.25) is 0 Å². The summed E-state index contributed by atoms with van der Waals surface area (Å²) in [6.45, 7) is 5.34. The maximum absolute atomic E-state index is 12.6. The second-order valence-electron chi connectivity index (χ2n) is 9.14. The van der Waals surface area contributed by atoms with Crippen LogP contribution in [0, 0.1) is 0 Å². The molecule has 0 radical (unpaired) electrons. The van der Waals surface area contributed by atoms with Gasteiger partial charge in [-0.15, -0.1) is 0 Å². The first-order valence-corrected chi connectivity index (χ1v) is 11.4. The zero-order valence-corrected chi connectivity index (χ0v) is 18.6. The van der Waals surface area contributed by atoms with Crippen molar-refractivity contribution in [2.45, 2.75) is 44.6 Å². The van der Waals surface area contributed by atoms with Crippen LogP contribution in [-0.4, -0.2) is 67.0 Å². The molecule has 174 valence electrons. The third kappa shape index (κ3) is 6.03. The molecule has 2 aliphatic rings. The quantitative estimate of drug-likeness (QED) is 0.729. The number of rotatable bonds is 6. The van der Waals surface area contributed by atoms with Crippen molar-refractivity contribution in [1.82, 2.24) is 9.80 Å². The topological polar surface area (TPSA) is 30.0 Å². The highest BCUT2D eigenvalue weighted by molar-refractivity contribution is 5.56. The number of fused-ring (bicyclic) bond motifs is 2. The zero-order chi connectivity index (χ0) is 22.7. The number of halogens is 3. The van der Waals surface area contributed by atoms with Gasteiger partial charge in [-0.05, 0) is 41.2 Å². The van der Waals surface area contributed by atoms with E-state index in [2.05, 4.69) is 39.0 Å². The Morgan fingerprint density at radius 1 is 0.906 bits per heavy atom. The van der Waals surface area contributed by atoms with Crippen molar-refractivity contribution in [3.05, 3.63) is 64.7 Å². The molecule has 0 spiro atoms. The van der Waals surface area contributed by atoms with Crippen LogP contribution < -0.4 is 4.90 Å². The Kier molecular flexibility index (Phi) is 7.08. The number of alkyl halides is 3. The predicted molar refractivity (Wildman–Crippen MR) is 121 cm³/mol. The molecule has 2 heterocycles. The highest BCUT2D eigenvalue weighted by Crippen LogP contribution is 2.28. The molecular formula is C25H32F3N3O. The minimum Gasteiger partial charge on any atom is -0.390 e. The number of anilines is 1. The zero-order valence-electron chi connectivity index (χ0n) is 18.6. The van der Waals surface area contributed by atoms with Crippen LogP contribution in [0.25, 0.3) is 0 Å². The average Bonchev–Trinajstić information content (AvgIpc) is 2.90. The molecule has 4 rings (SSSR count).